The van der Waals surface area contributed by atoms with Crippen LogP contribution in [0.5, 0.6) is 5.75 Å². The number of likely N-dealkylation sites (N-methyl/N-ethyl adjacent to an activating group) is 1. The molecule has 166 valence electrons. The number of nitrogens with zero attached hydrogens (tertiary/aromatic N) is 5. The SMILES string of the molecule is Cc1cc(NCCN(C)C)cc(C)c1-c1cnnc(NCc2nc3cc(O)ccc3s2)n1. The minimum Gasteiger partial charge on any atom is -0.508 e. The van der Waals surface area contributed by atoms with E-state index in [-0.39, 0.29) is 5.75 Å². The van der Waals surface area contributed by atoms with E-state index >= 15 is 0 Å². The van der Waals surface area contributed by atoms with Crippen molar-refractivity contribution in [1.82, 2.24) is 25.1 Å². The van der Waals surface area contributed by atoms with Crippen molar-refractivity contribution in [2.75, 3.05) is 37.8 Å². The van der Waals surface area contributed by atoms with Crippen LogP contribution < -0.4 is 10.6 Å². The van der Waals surface area contributed by atoms with Gasteiger partial charge in [0.25, 0.3) is 0 Å². The van der Waals surface area contributed by atoms with Crippen molar-refractivity contribution in [2.45, 2.75) is 20.4 Å². The molecule has 2 aromatic heterocycles. The number of fused-ring (bicyclic) bond motifs is 1. The first-order chi connectivity index (χ1) is 15.4. The predicted octanol–water partition coefficient (Wildman–Crippen LogP) is 4.06. The highest BCUT2D eigenvalue weighted by Gasteiger charge is 2.12. The van der Waals surface area contributed by atoms with Gasteiger partial charge in [-0.25, -0.2) is 9.97 Å². The van der Waals surface area contributed by atoms with Crippen LogP contribution in [0.3, 0.4) is 0 Å². The highest BCUT2D eigenvalue weighted by atomic mass is 32.1. The standard InChI is InChI=1S/C23H27N7OS/c1-14-9-16(24-7-8-30(3)4)10-15(2)22(14)19-12-26-29-23(28-19)25-13-21-27-18-11-17(31)5-6-20(18)32-21/h5-6,9-12,24,31H,7-8,13H2,1-4H3,(H,25,28,29). The smallest absolute Gasteiger partial charge is 0.243 e. The number of benzene rings is 2. The summed E-state index contributed by atoms with van der Waals surface area (Å²) in [7, 11) is 4.13. The Bertz CT molecular complexity index is 1220. The Labute approximate surface area is 191 Å². The molecule has 4 rings (SSSR count). The monoisotopic (exact) mass is 449 g/mol. The van der Waals surface area contributed by atoms with Crippen LogP contribution in [-0.4, -0.2) is 57.4 Å². The van der Waals surface area contributed by atoms with E-state index in [0.717, 1.165) is 56.4 Å². The van der Waals surface area contributed by atoms with Gasteiger partial charge in [0.15, 0.2) is 0 Å². The Morgan fingerprint density at radius 2 is 1.81 bits per heavy atom. The Morgan fingerprint density at radius 3 is 2.56 bits per heavy atom. The third-order valence-electron chi connectivity index (χ3n) is 5.05. The summed E-state index contributed by atoms with van der Waals surface area (Å²) in [5.74, 6) is 0.670. The van der Waals surface area contributed by atoms with E-state index in [4.69, 9.17) is 0 Å². The van der Waals surface area contributed by atoms with E-state index in [0.29, 0.717) is 12.5 Å². The van der Waals surface area contributed by atoms with Crippen LogP contribution in [0.15, 0.2) is 36.5 Å². The number of phenols is 1. The first kappa shape index (κ1) is 21.9. The number of aromatic nitrogens is 4. The van der Waals surface area contributed by atoms with Gasteiger partial charge in [0.05, 0.1) is 28.7 Å². The van der Waals surface area contributed by atoms with Gasteiger partial charge < -0.3 is 20.6 Å². The summed E-state index contributed by atoms with van der Waals surface area (Å²) in [6.45, 7) is 6.52. The Morgan fingerprint density at radius 1 is 1.03 bits per heavy atom. The fraction of sp³-hybridized carbons (Fsp3) is 0.304. The molecule has 0 fully saturated rings. The molecule has 2 aromatic carbocycles. The molecular formula is C23H27N7OS. The number of nitrogens with one attached hydrogen (secondary N) is 2. The van der Waals surface area contributed by atoms with E-state index in [9.17, 15) is 5.11 Å². The lowest BCUT2D eigenvalue weighted by atomic mass is 9.99. The molecular weight excluding hydrogens is 422 g/mol. The summed E-state index contributed by atoms with van der Waals surface area (Å²) in [4.78, 5) is 11.4. The number of hydrogen-bond acceptors (Lipinski definition) is 9. The highest BCUT2D eigenvalue weighted by molar-refractivity contribution is 7.18. The van der Waals surface area contributed by atoms with Gasteiger partial charge in [0.1, 0.15) is 10.8 Å². The number of anilines is 2. The second kappa shape index (κ2) is 9.46. The van der Waals surface area contributed by atoms with Crippen LogP contribution in [0.2, 0.25) is 0 Å². The van der Waals surface area contributed by atoms with Gasteiger partial charge in [-0.2, -0.15) is 5.10 Å². The van der Waals surface area contributed by atoms with Gasteiger partial charge in [-0.1, -0.05) is 0 Å². The molecule has 0 radical (unpaired) electrons. The van der Waals surface area contributed by atoms with Gasteiger partial charge in [-0.05, 0) is 63.3 Å². The number of hydrogen-bond donors (Lipinski definition) is 3. The van der Waals surface area contributed by atoms with Gasteiger partial charge in [0, 0.05) is 30.4 Å². The van der Waals surface area contributed by atoms with Crippen LogP contribution in [0.4, 0.5) is 11.6 Å². The van der Waals surface area contributed by atoms with Gasteiger partial charge in [0.2, 0.25) is 5.95 Å². The first-order valence-electron chi connectivity index (χ1n) is 10.4. The number of thiazole rings is 1. The number of aromatic hydroxyl groups is 1. The summed E-state index contributed by atoms with van der Waals surface area (Å²) in [5.41, 5.74) is 6.01. The zero-order chi connectivity index (χ0) is 22.7. The molecule has 0 saturated carbocycles. The van der Waals surface area contributed by atoms with Crippen molar-refractivity contribution in [2.24, 2.45) is 0 Å². The van der Waals surface area contributed by atoms with Gasteiger partial charge in [-0.15, -0.1) is 16.4 Å². The lowest BCUT2D eigenvalue weighted by molar-refractivity contribution is 0.425. The summed E-state index contributed by atoms with van der Waals surface area (Å²) in [6, 6.07) is 9.49. The fourth-order valence-corrected chi connectivity index (χ4v) is 4.47. The largest absolute Gasteiger partial charge is 0.508 e. The average molecular weight is 450 g/mol. The van der Waals surface area contributed by atoms with Crippen molar-refractivity contribution in [3.05, 3.63) is 52.7 Å². The summed E-state index contributed by atoms with van der Waals surface area (Å²) >= 11 is 1.57. The van der Waals surface area contributed by atoms with E-state index in [1.165, 1.54) is 0 Å². The Balaban J connectivity index is 1.49. The van der Waals surface area contributed by atoms with Crippen LogP contribution in [-0.2, 0) is 6.54 Å². The molecule has 0 aliphatic rings. The van der Waals surface area contributed by atoms with Gasteiger partial charge >= 0.3 is 0 Å². The molecule has 0 saturated heterocycles. The molecule has 9 heteroatoms. The third kappa shape index (κ3) is 5.12. The van der Waals surface area contributed by atoms with E-state index in [2.05, 4.69) is 75.8 Å². The minimum atomic E-state index is 0.215. The molecule has 0 spiro atoms. The quantitative estimate of drug-likeness (QED) is 0.370. The summed E-state index contributed by atoms with van der Waals surface area (Å²) in [5, 5.41) is 25.5. The minimum absolute atomic E-state index is 0.215. The second-order valence-corrected chi connectivity index (χ2v) is 9.11. The molecule has 32 heavy (non-hydrogen) atoms. The normalized spacial score (nSPS) is 11.3. The molecule has 0 aliphatic heterocycles. The van der Waals surface area contributed by atoms with E-state index < -0.39 is 0 Å². The maximum Gasteiger partial charge on any atom is 0.243 e. The maximum absolute atomic E-state index is 9.63. The van der Waals surface area contributed by atoms with E-state index in [1.807, 2.05) is 6.07 Å². The third-order valence-corrected chi connectivity index (χ3v) is 6.09. The first-order valence-corrected chi connectivity index (χ1v) is 11.2. The Hall–Kier alpha value is -3.30. The summed E-state index contributed by atoms with van der Waals surface area (Å²) in [6.07, 6.45) is 1.69. The molecule has 2 heterocycles. The summed E-state index contributed by atoms with van der Waals surface area (Å²) < 4.78 is 1.03. The van der Waals surface area contributed by atoms with Crippen LogP contribution in [0.25, 0.3) is 21.5 Å². The van der Waals surface area contributed by atoms with Crippen molar-refractivity contribution in [3.63, 3.8) is 0 Å². The molecule has 3 N–H and O–H groups in total. The van der Waals surface area contributed by atoms with Crippen LogP contribution in [0.1, 0.15) is 16.1 Å². The zero-order valence-corrected chi connectivity index (χ0v) is 19.5. The highest BCUT2D eigenvalue weighted by Crippen LogP contribution is 2.29. The number of rotatable bonds is 8. The van der Waals surface area contributed by atoms with Crippen LogP contribution in [0, 0.1) is 13.8 Å². The molecule has 0 amide bonds. The lowest BCUT2D eigenvalue weighted by Crippen LogP contribution is -2.20. The van der Waals surface area contributed by atoms with Crippen molar-refractivity contribution in [1.29, 1.82) is 0 Å². The van der Waals surface area contributed by atoms with E-state index in [1.54, 1.807) is 29.7 Å². The van der Waals surface area contributed by atoms with Gasteiger partial charge in [-0.3, -0.25) is 0 Å². The predicted molar refractivity (Wildman–Crippen MR) is 130 cm³/mol. The Kier molecular flexibility index (Phi) is 6.48. The molecule has 8 nitrogen and oxygen atoms in total. The second-order valence-electron chi connectivity index (χ2n) is 7.99. The van der Waals surface area contributed by atoms with Crippen LogP contribution >= 0.6 is 11.3 Å². The maximum atomic E-state index is 9.63. The topological polar surface area (TPSA) is 99.1 Å². The molecule has 4 aromatic rings. The average Bonchev–Trinajstić information content (AvgIpc) is 3.14. The molecule has 0 atom stereocenters. The lowest BCUT2D eigenvalue weighted by Gasteiger charge is -2.15. The van der Waals surface area contributed by atoms with Crippen molar-refractivity contribution in [3.8, 4) is 17.0 Å². The number of phenolic OH excluding ortho intramolecular Hbond substituents is 1. The molecule has 0 unspecified atom stereocenters. The zero-order valence-electron chi connectivity index (χ0n) is 18.7. The number of aryl methyl sites for hydroxylation is 2. The molecule has 0 bridgehead atoms. The van der Waals surface area contributed by atoms with Crippen molar-refractivity contribution < 1.29 is 5.11 Å². The van der Waals surface area contributed by atoms with Crippen molar-refractivity contribution >= 4 is 33.2 Å². The fourth-order valence-electron chi connectivity index (χ4n) is 3.59. The molecule has 0 aliphatic carbocycles.